The number of hydrogen-bond donors (Lipinski definition) is 2. The van der Waals surface area contributed by atoms with Gasteiger partial charge < -0.3 is 12.3 Å². The summed E-state index contributed by atoms with van der Waals surface area (Å²) in [4.78, 5) is 8.36. The largest absolute Gasteiger partial charge is 1.00 e. The normalized spacial score (nSPS) is 3.00. The Kier molecular flexibility index (Phi) is 140. The number of rotatable bonds is 0. The Balaban J connectivity index is -0.0000000105. The molecule has 0 aliphatic heterocycles. The zero-order valence-corrected chi connectivity index (χ0v) is 6.01. The molecule has 3 nitrogen and oxygen atoms in total. The van der Waals surface area contributed by atoms with E-state index in [1.807, 2.05) is 0 Å². The van der Waals surface area contributed by atoms with Crippen LogP contribution < -0.4 is 35.3 Å². The van der Waals surface area contributed by atoms with Crippen molar-refractivity contribution < 1.29 is 40.9 Å². The summed E-state index contributed by atoms with van der Waals surface area (Å²) in [6.45, 7) is -0.250. The van der Waals surface area contributed by atoms with Crippen molar-refractivity contribution in [2.45, 2.75) is 0 Å². The third kappa shape index (κ3) is 282. The number of carbonyl (C=O) groups is 1. The third-order valence-electron chi connectivity index (χ3n) is 0. The Bertz CT molecular complexity index is 23.2. The van der Waals surface area contributed by atoms with Crippen molar-refractivity contribution in [2.24, 2.45) is 5.73 Å². The molecule has 0 amide bonds. The maximum atomic E-state index is 8.36. The van der Waals surface area contributed by atoms with Gasteiger partial charge in [-0.3, -0.25) is 4.79 Å². The molecule has 0 saturated carbocycles. The van der Waals surface area contributed by atoms with Crippen LogP contribution in [0.5, 0.6) is 0 Å². The molecule has 0 heterocycles. The van der Waals surface area contributed by atoms with Gasteiger partial charge in [-0.1, -0.05) is 0 Å². The van der Waals surface area contributed by atoms with Crippen molar-refractivity contribution in [2.75, 3.05) is 7.05 Å². The zero-order chi connectivity index (χ0) is 4.71. The summed E-state index contributed by atoms with van der Waals surface area (Å²) < 4.78 is 0. The summed E-state index contributed by atoms with van der Waals surface area (Å²) in [5.74, 6) is 0. The van der Waals surface area contributed by atoms with Gasteiger partial charge in [0.25, 0.3) is 6.47 Å². The molecule has 0 aliphatic rings. The molecule has 0 fully saturated rings. The molecule has 0 aromatic heterocycles. The zero-order valence-electron chi connectivity index (χ0n) is 5.01. The van der Waals surface area contributed by atoms with Crippen molar-refractivity contribution in [3.05, 3.63) is 0 Å². The third-order valence-corrected chi connectivity index (χ3v) is 0. The summed E-state index contributed by atoms with van der Waals surface area (Å²) in [5.41, 5.74) is 4.50. The van der Waals surface area contributed by atoms with Crippen LogP contribution in [0.25, 0.3) is 0 Å². The fraction of sp³-hybridized carbons (Fsp3) is 0.500. The molecule has 4 heteroatoms. The maximum Gasteiger partial charge on any atom is 1.00 e. The standard InChI is InChI=1S/CH5N.CH2O2.Na.H/c1-2;2-1-3;;/h2H2,1H3;1H,(H,2,3);;/q;;+1;-1. The van der Waals surface area contributed by atoms with Gasteiger partial charge in [0.15, 0.2) is 0 Å². The van der Waals surface area contributed by atoms with E-state index in [9.17, 15) is 0 Å². The smallest absolute Gasteiger partial charge is 1.00 e. The van der Waals surface area contributed by atoms with Gasteiger partial charge in [-0.05, 0) is 7.05 Å². The Morgan fingerprint density at radius 2 is 1.83 bits per heavy atom. The average Bonchev–Trinajstić information content (AvgIpc) is 1.46. The van der Waals surface area contributed by atoms with E-state index < -0.39 is 0 Å². The van der Waals surface area contributed by atoms with E-state index in [0.29, 0.717) is 0 Å². The Labute approximate surface area is 60.3 Å². The topological polar surface area (TPSA) is 63.3 Å². The van der Waals surface area contributed by atoms with E-state index >= 15 is 0 Å². The van der Waals surface area contributed by atoms with Crippen LogP contribution in [0, 0.1) is 0 Å². The summed E-state index contributed by atoms with van der Waals surface area (Å²) in [7, 11) is 1.50. The molecule has 0 aliphatic carbocycles. The van der Waals surface area contributed by atoms with E-state index in [0.717, 1.165) is 0 Å². The minimum absolute atomic E-state index is 0. The van der Waals surface area contributed by atoms with E-state index in [2.05, 4.69) is 5.73 Å². The number of carboxylic acid groups (broad SMARTS) is 1. The first-order chi connectivity index (χ1) is 2.41. The second-order valence-corrected chi connectivity index (χ2v) is 0.105. The summed E-state index contributed by atoms with van der Waals surface area (Å²) in [6.07, 6.45) is 0. The fourth-order valence-electron chi connectivity index (χ4n) is 0. The molecule has 0 radical (unpaired) electrons. The van der Waals surface area contributed by atoms with Gasteiger partial charge >= 0.3 is 29.6 Å². The fourth-order valence-corrected chi connectivity index (χ4v) is 0. The van der Waals surface area contributed by atoms with Crippen molar-refractivity contribution >= 4 is 6.47 Å². The molecule has 0 unspecified atom stereocenters. The Morgan fingerprint density at radius 1 is 1.83 bits per heavy atom. The molecular formula is C2H8NNaO2. The van der Waals surface area contributed by atoms with Gasteiger partial charge in [-0.25, -0.2) is 0 Å². The van der Waals surface area contributed by atoms with Crippen molar-refractivity contribution in [1.82, 2.24) is 0 Å². The molecule has 6 heavy (non-hydrogen) atoms. The molecule has 0 rings (SSSR count). The molecule has 0 spiro atoms. The first-order valence-corrected chi connectivity index (χ1v) is 1.07. The Hall–Kier alpha value is 0.430. The number of hydrogen-bond acceptors (Lipinski definition) is 2. The van der Waals surface area contributed by atoms with Crippen molar-refractivity contribution in [3.8, 4) is 0 Å². The van der Waals surface area contributed by atoms with Gasteiger partial charge in [-0.15, -0.1) is 0 Å². The van der Waals surface area contributed by atoms with Crippen LogP contribution in [0.1, 0.15) is 1.43 Å². The quantitative estimate of drug-likeness (QED) is 0.245. The second kappa shape index (κ2) is 52.1. The molecule has 0 aromatic carbocycles. The predicted octanol–water partition coefficient (Wildman–Crippen LogP) is -3.61. The molecule has 0 atom stereocenters. The summed E-state index contributed by atoms with van der Waals surface area (Å²) >= 11 is 0. The van der Waals surface area contributed by atoms with Crippen LogP contribution in [-0.4, -0.2) is 18.6 Å². The van der Waals surface area contributed by atoms with E-state index in [1.165, 1.54) is 7.05 Å². The monoisotopic (exact) mass is 101 g/mol. The van der Waals surface area contributed by atoms with E-state index in [1.54, 1.807) is 0 Å². The molecule has 34 valence electrons. The molecule has 0 bridgehead atoms. The van der Waals surface area contributed by atoms with Crippen LogP contribution in [0.2, 0.25) is 0 Å². The molecular weight excluding hydrogens is 93.0 g/mol. The molecule has 0 aromatic rings. The number of nitrogens with two attached hydrogens (primary N) is 1. The van der Waals surface area contributed by atoms with E-state index in [4.69, 9.17) is 9.90 Å². The van der Waals surface area contributed by atoms with Gasteiger partial charge in [0.1, 0.15) is 0 Å². The van der Waals surface area contributed by atoms with Gasteiger partial charge in [0.2, 0.25) is 0 Å². The minimum Gasteiger partial charge on any atom is -1.00 e. The van der Waals surface area contributed by atoms with Crippen LogP contribution in [0.4, 0.5) is 0 Å². The maximum absolute atomic E-state index is 8.36. The minimum atomic E-state index is -0.250. The second-order valence-electron chi connectivity index (χ2n) is 0.105. The van der Waals surface area contributed by atoms with Crippen LogP contribution in [0.15, 0.2) is 0 Å². The van der Waals surface area contributed by atoms with Crippen LogP contribution >= 0.6 is 0 Å². The molecule has 3 N–H and O–H groups in total. The van der Waals surface area contributed by atoms with Gasteiger partial charge in [0, 0.05) is 0 Å². The molecule has 0 saturated heterocycles. The first-order valence-electron chi connectivity index (χ1n) is 1.07. The predicted molar refractivity (Wildman–Crippen MR) is 19.9 cm³/mol. The first kappa shape index (κ1) is 16.1. The summed E-state index contributed by atoms with van der Waals surface area (Å²) in [5, 5.41) is 6.89. The van der Waals surface area contributed by atoms with E-state index in [-0.39, 0.29) is 37.5 Å². The summed E-state index contributed by atoms with van der Waals surface area (Å²) in [6, 6.07) is 0. The Morgan fingerprint density at radius 3 is 1.83 bits per heavy atom. The average molecular weight is 101 g/mol. The van der Waals surface area contributed by atoms with Crippen LogP contribution in [0.3, 0.4) is 0 Å². The van der Waals surface area contributed by atoms with Crippen LogP contribution in [-0.2, 0) is 4.79 Å². The van der Waals surface area contributed by atoms with Crippen molar-refractivity contribution in [1.29, 1.82) is 0 Å². The SMILES string of the molecule is CN.O=CO.[H-].[Na+]. The van der Waals surface area contributed by atoms with Gasteiger partial charge in [-0.2, -0.15) is 0 Å². The van der Waals surface area contributed by atoms with Gasteiger partial charge in [0.05, 0.1) is 0 Å². The van der Waals surface area contributed by atoms with Crippen molar-refractivity contribution in [3.63, 3.8) is 0 Å².